The lowest BCUT2D eigenvalue weighted by Crippen LogP contribution is -2.53. The number of benzene rings is 4. The van der Waals surface area contributed by atoms with Crippen molar-refractivity contribution in [2.75, 3.05) is 25.0 Å². The van der Waals surface area contributed by atoms with Gasteiger partial charge in [-0.3, -0.25) is 13.9 Å². The lowest BCUT2D eigenvalue weighted by atomic mass is 10.0. The first kappa shape index (κ1) is 30.6. The number of halogens is 1. The average Bonchev–Trinajstić information content (AvgIpc) is 3.02. The molecule has 218 valence electrons. The number of carbonyl (C=O) groups excluding carboxylic acids is 2. The fourth-order valence-corrected chi connectivity index (χ4v) is 6.05. The Balaban J connectivity index is 1.76. The summed E-state index contributed by atoms with van der Waals surface area (Å²) in [7, 11) is -1.18. The molecule has 1 N–H and O–H groups in total. The van der Waals surface area contributed by atoms with Crippen LogP contribution in [0.2, 0.25) is 5.02 Å². The number of anilines is 1. The minimum atomic E-state index is -4.18. The average molecular weight is 606 g/mol. The highest BCUT2D eigenvalue weighted by Crippen LogP contribution is 2.26. The van der Waals surface area contributed by atoms with E-state index in [1.54, 1.807) is 66.7 Å². The van der Waals surface area contributed by atoms with Crippen molar-refractivity contribution >= 4 is 39.1 Å². The van der Waals surface area contributed by atoms with E-state index in [-0.39, 0.29) is 23.8 Å². The summed E-state index contributed by atoms with van der Waals surface area (Å²) in [6.45, 7) is -0.472. The number of sulfonamides is 1. The van der Waals surface area contributed by atoms with Gasteiger partial charge < -0.3 is 15.0 Å². The standard InChI is InChI=1S/C32H32ClN3O5S/c1-34-32(38)30(21-24-9-5-3-6-10-24)35(22-25-13-15-26(33)16-14-25)31(37)23-36(27-11-7-4-8-12-27)42(39,40)29-19-17-28(41-2)18-20-29/h3-20,30H,21-23H2,1-2H3,(H,34,38). The lowest BCUT2D eigenvalue weighted by molar-refractivity contribution is -0.139. The minimum absolute atomic E-state index is 0.00339. The SMILES string of the molecule is CNC(=O)C(Cc1ccccc1)N(Cc1ccc(Cl)cc1)C(=O)CN(c1ccccc1)S(=O)(=O)c1ccc(OC)cc1. The summed E-state index contributed by atoms with van der Waals surface area (Å²) in [5.74, 6) is -0.416. The van der Waals surface area contributed by atoms with Crippen molar-refractivity contribution in [2.45, 2.75) is 23.9 Å². The van der Waals surface area contributed by atoms with Crippen LogP contribution in [0, 0.1) is 0 Å². The first-order valence-corrected chi connectivity index (χ1v) is 15.1. The van der Waals surface area contributed by atoms with Crippen LogP contribution < -0.4 is 14.4 Å². The van der Waals surface area contributed by atoms with Gasteiger partial charge in [-0.15, -0.1) is 0 Å². The molecule has 0 aromatic heterocycles. The van der Waals surface area contributed by atoms with Crippen LogP contribution in [0.5, 0.6) is 5.75 Å². The molecule has 4 aromatic rings. The number of nitrogens with one attached hydrogen (secondary N) is 1. The number of methoxy groups -OCH3 is 1. The third kappa shape index (κ3) is 7.48. The van der Waals surface area contributed by atoms with E-state index in [0.717, 1.165) is 15.4 Å². The van der Waals surface area contributed by atoms with Crippen molar-refractivity contribution in [3.05, 3.63) is 125 Å². The Kier molecular flexibility index (Phi) is 10.2. The molecule has 1 unspecified atom stereocenters. The largest absolute Gasteiger partial charge is 0.497 e. The van der Waals surface area contributed by atoms with Gasteiger partial charge in [-0.1, -0.05) is 72.3 Å². The molecule has 4 aromatic carbocycles. The number of hydrogen-bond donors (Lipinski definition) is 1. The zero-order valence-electron chi connectivity index (χ0n) is 23.3. The topological polar surface area (TPSA) is 96.0 Å². The first-order valence-electron chi connectivity index (χ1n) is 13.2. The van der Waals surface area contributed by atoms with Crippen LogP contribution in [0.4, 0.5) is 5.69 Å². The minimum Gasteiger partial charge on any atom is -0.497 e. The van der Waals surface area contributed by atoms with E-state index < -0.39 is 28.5 Å². The molecule has 0 heterocycles. The Morgan fingerprint density at radius 3 is 2.00 bits per heavy atom. The van der Waals surface area contributed by atoms with Crippen molar-refractivity contribution in [3.63, 3.8) is 0 Å². The van der Waals surface area contributed by atoms with Crippen molar-refractivity contribution in [2.24, 2.45) is 0 Å². The van der Waals surface area contributed by atoms with Gasteiger partial charge in [0, 0.05) is 25.0 Å². The van der Waals surface area contributed by atoms with Gasteiger partial charge in [0.2, 0.25) is 11.8 Å². The number of likely N-dealkylation sites (N-methyl/N-ethyl adjacent to an activating group) is 1. The van der Waals surface area contributed by atoms with Gasteiger partial charge in [-0.2, -0.15) is 0 Å². The van der Waals surface area contributed by atoms with Crippen LogP contribution in [0.25, 0.3) is 0 Å². The van der Waals surface area contributed by atoms with Crippen LogP contribution in [0.15, 0.2) is 114 Å². The van der Waals surface area contributed by atoms with Gasteiger partial charge in [0.25, 0.3) is 10.0 Å². The van der Waals surface area contributed by atoms with Gasteiger partial charge in [-0.05, 0) is 59.7 Å². The van der Waals surface area contributed by atoms with Gasteiger partial charge in [0.05, 0.1) is 17.7 Å². The summed E-state index contributed by atoms with van der Waals surface area (Å²) < 4.78 is 34.2. The number of carbonyl (C=O) groups is 2. The molecular formula is C32H32ClN3O5S. The Labute approximate surface area is 251 Å². The molecule has 0 saturated heterocycles. The Bertz CT molecular complexity index is 1580. The Morgan fingerprint density at radius 2 is 1.43 bits per heavy atom. The second-order valence-corrected chi connectivity index (χ2v) is 11.8. The summed E-state index contributed by atoms with van der Waals surface area (Å²) in [4.78, 5) is 28.9. The molecule has 0 spiro atoms. The molecule has 0 radical (unpaired) electrons. The van der Waals surface area contributed by atoms with Crippen molar-refractivity contribution in [1.29, 1.82) is 0 Å². The number of ether oxygens (including phenoxy) is 1. The monoisotopic (exact) mass is 605 g/mol. The van der Waals surface area contributed by atoms with E-state index in [2.05, 4.69) is 5.32 Å². The molecule has 4 rings (SSSR count). The smallest absolute Gasteiger partial charge is 0.264 e. The third-order valence-electron chi connectivity index (χ3n) is 6.75. The molecule has 0 aliphatic heterocycles. The van der Waals surface area contributed by atoms with E-state index in [0.29, 0.717) is 16.5 Å². The summed E-state index contributed by atoms with van der Waals surface area (Å²) in [5, 5.41) is 3.20. The summed E-state index contributed by atoms with van der Waals surface area (Å²) in [5.41, 5.74) is 1.90. The molecule has 0 bridgehead atoms. The maximum Gasteiger partial charge on any atom is 0.264 e. The summed E-state index contributed by atoms with van der Waals surface area (Å²) in [6.07, 6.45) is 0.233. The second-order valence-electron chi connectivity index (χ2n) is 9.49. The third-order valence-corrected chi connectivity index (χ3v) is 8.79. The molecule has 0 aliphatic carbocycles. The molecule has 1 atom stereocenters. The highest BCUT2D eigenvalue weighted by molar-refractivity contribution is 7.92. The molecule has 0 aliphatic rings. The molecular weight excluding hydrogens is 574 g/mol. The zero-order valence-corrected chi connectivity index (χ0v) is 24.9. The molecule has 42 heavy (non-hydrogen) atoms. The predicted octanol–water partition coefficient (Wildman–Crippen LogP) is 4.93. The van der Waals surface area contributed by atoms with Crippen LogP contribution in [-0.2, 0) is 32.6 Å². The van der Waals surface area contributed by atoms with Crippen LogP contribution >= 0.6 is 11.6 Å². The Hall–Kier alpha value is -4.34. The van der Waals surface area contributed by atoms with E-state index in [1.807, 2.05) is 30.3 Å². The lowest BCUT2D eigenvalue weighted by Gasteiger charge is -2.33. The van der Waals surface area contributed by atoms with Gasteiger partial charge >= 0.3 is 0 Å². The summed E-state index contributed by atoms with van der Waals surface area (Å²) >= 11 is 6.09. The van der Waals surface area contributed by atoms with Crippen molar-refractivity contribution < 1.29 is 22.7 Å². The van der Waals surface area contributed by atoms with Crippen LogP contribution in [0.3, 0.4) is 0 Å². The molecule has 8 nitrogen and oxygen atoms in total. The van der Waals surface area contributed by atoms with Crippen molar-refractivity contribution in [1.82, 2.24) is 10.2 Å². The molecule has 0 saturated carbocycles. The second kappa shape index (κ2) is 14.0. The number of rotatable bonds is 12. The zero-order chi connectivity index (χ0) is 30.1. The van der Waals surface area contributed by atoms with Gasteiger partial charge in [0.1, 0.15) is 18.3 Å². The van der Waals surface area contributed by atoms with E-state index in [9.17, 15) is 18.0 Å². The fraction of sp³-hybridized carbons (Fsp3) is 0.188. The maximum absolute atomic E-state index is 14.2. The number of nitrogens with zero attached hydrogens (tertiary/aromatic N) is 2. The highest BCUT2D eigenvalue weighted by Gasteiger charge is 2.34. The summed E-state index contributed by atoms with van der Waals surface area (Å²) in [6, 6.07) is 29.8. The molecule has 10 heteroatoms. The molecule has 0 fully saturated rings. The maximum atomic E-state index is 14.2. The van der Waals surface area contributed by atoms with Crippen molar-refractivity contribution in [3.8, 4) is 5.75 Å². The number of amides is 2. The van der Waals surface area contributed by atoms with E-state index in [4.69, 9.17) is 16.3 Å². The number of para-hydroxylation sites is 1. The highest BCUT2D eigenvalue weighted by atomic mass is 35.5. The van der Waals surface area contributed by atoms with E-state index in [1.165, 1.54) is 31.2 Å². The van der Waals surface area contributed by atoms with Crippen LogP contribution in [-0.4, -0.2) is 51.9 Å². The number of hydrogen-bond acceptors (Lipinski definition) is 5. The van der Waals surface area contributed by atoms with Gasteiger partial charge in [-0.25, -0.2) is 8.42 Å². The predicted molar refractivity (Wildman–Crippen MR) is 164 cm³/mol. The van der Waals surface area contributed by atoms with E-state index >= 15 is 0 Å². The van der Waals surface area contributed by atoms with Crippen LogP contribution in [0.1, 0.15) is 11.1 Å². The molecule has 2 amide bonds. The quantitative estimate of drug-likeness (QED) is 0.247. The van der Waals surface area contributed by atoms with Gasteiger partial charge in [0.15, 0.2) is 0 Å². The Morgan fingerprint density at radius 1 is 0.833 bits per heavy atom. The first-order chi connectivity index (χ1) is 20.2. The fourth-order valence-electron chi connectivity index (χ4n) is 4.51. The normalized spacial score (nSPS) is 11.8.